The lowest BCUT2D eigenvalue weighted by molar-refractivity contribution is 0.0997. The molecule has 1 aromatic heterocycles. The van der Waals surface area contributed by atoms with Crippen molar-refractivity contribution in [2.75, 3.05) is 6.26 Å². The smallest absolute Gasteiger partial charge is 0.177 e. The molecule has 0 saturated carbocycles. The number of ketones is 1. The maximum Gasteiger partial charge on any atom is 0.177 e. The van der Waals surface area contributed by atoms with E-state index in [4.69, 9.17) is 0 Å². The Kier molecular flexibility index (Phi) is 4.83. The van der Waals surface area contributed by atoms with Gasteiger partial charge in [-0.3, -0.25) is 4.79 Å². The molecule has 25 heavy (non-hydrogen) atoms. The maximum atomic E-state index is 13.2. The Bertz CT molecular complexity index is 1020. The first-order valence-electron chi connectivity index (χ1n) is 7.51. The highest BCUT2D eigenvalue weighted by Crippen LogP contribution is 2.29. The van der Waals surface area contributed by atoms with E-state index >= 15 is 0 Å². The summed E-state index contributed by atoms with van der Waals surface area (Å²) in [5.74, 6) is -0.433. The van der Waals surface area contributed by atoms with Crippen LogP contribution in [0.5, 0.6) is 0 Å². The summed E-state index contributed by atoms with van der Waals surface area (Å²) >= 11 is 1.34. The van der Waals surface area contributed by atoms with Gasteiger partial charge in [-0.15, -0.1) is 11.3 Å². The molecule has 3 rings (SSSR count). The van der Waals surface area contributed by atoms with Crippen LogP contribution in [-0.2, 0) is 16.3 Å². The number of thiophene rings is 1. The van der Waals surface area contributed by atoms with Gasteiger partial charge in [0, 0.05) is 17.6 Å². The first-order chi connectivity index (χ1) is 11.8. The fourth-order valence-corrected chi connectivity index (χ4v) is 4.01. The van der Waals surface area contributed by atoms with Crippen molar-refractivity contribution in [1.29, 1.82) is 0 Å². The summed E-state index contributed by atoms with van der Waals surface area (Å²) in [5, 5.41) is 0. The molecular weight excluding hydrogens is 359 g/mol. The van der Waals surface area contributed by atoms with Crippen molar-refractivity contribution in [1.82, 2.24) is 0 Å². The van der Waals surface area contributed by atoms with E-state index in [9.17, 15) is 17.6 Å². The van der Waals surface area contributed by atoms with E-state index in [0.717, 1.165) is 16.7 Å². The molecule has 0 atom stereocenters. The van der Waals surface area contributed by atoms with Gasteiger partial charge in [0.15, 0.2) is 15.6 Å². The number of rotatable bonds is 5. The van der Waals surface area contributed by atoms with Gasteiger partial charge in [-0.05, 0) is 47.5 Å². The average molecular weight is 374 g/mol. The van der Waals surface area contributed by atoms with Crippen molar-refractivity contribution in [3.8, 4) is 10.4 Å². The van der Waals surface area contributed by atoms with Crippen LogP contribution in [0.25, 0.3) is 10.4 Å². The summed E-state index contributed by atoms with van der Waals surface area (Å²) in [5.41, 5.74) is 1.49. The Morgan fingerprint density at radius 2 is 1.76 bits per heavy atom. The van der Waals surface area contributed by atoms with Crippen LogP contribution < -0.4 is 0 Å². The monoisotopic (exact) mass is 374 g/mol. The second-order valence-corrected chi connectivity index (χ2v) is 8.79. The molecule has 1 heterocycles. The van der Waals surface area contributed by atoms with E-state index in [1.807, 2.05) is 6.07 Å². The number of halogens is 1. The standard InChI is InChI=1S/C19H15FO3S2/c1-25(22,23)16-7-5-14(6-8-16)18-9-10-19(24-18)17(21)12-13-3-2-4-15(20)11-13/h2-11H,12H2,1H3. The molecule has 2 aromatic carbocycles. The lowest BCUT2D eigenvalue weighted by Crippen LogP contribution is -2.01. The largest absolute Gasteiger partial charge is 0.293 e. The van der Waals surface area contributed by atoms with Crippen molar-refractivity contribution in [3.63, 3.8) is 0 Å². The van der Waals surface area contributed by atoms with Crippen LogP contribution in [0.4, 0.5) is 4.39 Å². The zero-order chi connectivity index (χ0) is 18.0. The van der Waals surface area contributed by atoms with Crippen molar-refractivity contribution in [2.45, 2.75) is 11.3 Å². The highest BCUT2D eigenvalue weighted by atomic mass is 32.2. The number of carbonyl (C=O) groups excluding carboxylic acids is 1. The molecule has 0 saturated heterocycles. The number of carbonyl (C=O) groups is 1. The molecule has 128 valence electrons. The molecule has 3 nitrogen and oxygen atoms in total. The van der Waals surface area contributed by atoms with Gasteiger partial charge in [0.25, 0.3) is 0 Å². The lowest BCUT2D eigenvalue weighted by Gasteiger charge is -2.01. The topological polar surface area (TPSA) is 51.2 Å². The van der Waals surface area contributed by atoms with E-state index in [2.05, 4.69) is 0 Å². The molecule has 3 aromatic rings. The van der Waals surface area contributed by atoms with Gasteiger partial charge in [-0.25, -0.2) is 12.8 Å². The zero-order valence-electron chi connectivity index (χ0n) is 13.4. The molecule has 0 amide bonds. The Morgan fingerprint density at radius 3 is 2.40 bits per heavy atom. The van der Waals surface area contributed by atoms with E-state index in [1.54, 1.807) is 42.5 Å². The third-order valence-corrected chi connectivity index (χ3v) is 6.01. The molecule has 0 fully saturated rings. The third-order valence-electron chi connectivity index (χ3n) is 3.70. The van der Waals surface area contributed by atoms with Gasteiger partial charge < -0.3 is 0 Å². The summed E-state index contributed by atoms with van der Waals surface area (Å²) in [7, 11) is -3.23. The van der Waals surface area contributed by atoms with E-state index in [0.29, 0.717) is 10.4 Å². The predicted molar refractivity (Wildman–Crippen MR) is 97.3 cm³/mol. The Morgan fingerprint density at radius 1 is 1.04 bits per heavy atom. The molecule has 6 heteroatoms. The second kappa shape index (κ2) is 6.90. The number of hydrogen-bond donors (Lipinski definition) is 0. The normalized spacial score (nSPS) is 11.4. The minimum absolute atomic E-state index is 0.0744. The van der Waals surface area contributed by atoms with Gasteiger partial charge in [-0.1, -0.05) is 24.3 Å². The SMILES string of the molecule is CS(=O)(=O)c1ccc(-c2ccc(C(=O)Cc3cccc(F)c3)s2)cc1. The molecule has 0 aliphatic rings. The highest BCUT2D eigenvalue weighted by Gasteiger charge is 2.13. The molecule has 0 bridgehead atoms. The van der Waals surface area contributed by atoms with Crippen molar-refractivity contribution in [3.05, 3.63) is 76.9 Å². The molecule has 0 aliphatic heterocycles. The predicted octanol–water partition coefficient (Wildman–Crippen LogP) is 4.38. The molecule has 0 radical (unpaired) electrons. The molecule has 0 aliphatic carbocycles. The zero-order valence-corrected chi connectivity index (χ0v) is 15.0. The molecule has 0 spiro atoms. The number of sulfone groups is 1. The van der Waals surface area contributed by atoms with Gasteiger partial charge in [0.05, 0.1) is 9.77 Å². The van der Waals surface area contributed by atoms with Crippen molar-refractivity contribution in [2.24, 2.45) is 0 Å². The summed E-state index contributed by atoms with van der Waals surface area (Å²) in [6.45, 7) is 0. The van der Waals surface area contributed by atoms with Gasteiger partial charge in [0.2, 0.25) is 0 Å². The van der Waals surface area contributed by atoms with Gasteiger partial charge in [0.1, 0.15) is 5.82 Å². The Hall–Kier alpha value is -2.31. The number of benzene rings is 2. The van der Waals surface area contributed by atoms with Crippen LogP contribution in [0.15, 0.2) is 65.6 Å². The minimum Gasteiger partial charge on any atom is -0.293 e. The molecule has 0 N–H and O–H groups in total. The summed E-state index contributed by atoms with van der Waals surface area (Å²) in [6, 6.07) is 16.1. The van der Waals surface area contributed by atoms with Crippen LogP contribution >= 0.6 is 11.3 Å². The van der Waals surface area contributed by atoms with Crippen molar-refractivity contribution < 1.29 is 17.6 Å². The van der Waals surface area contributed by atoms with Crippen molar-refractivity contribution >= 4 is 27.0 Å². The van der Waals surface area contributed by atoms with Crippen LogP contribution in [0.3, 0.4) is 0 Å². The minimum atomic E-state index is -3.23. The van der Waals surface area contributed by atoms with Crippen LogP contribution in [0, 0.1) is 5.82 Å². The Balaban J connectivity index is 1.79. The first kappa shape index (κ1) is 17.5. The quantitative estimate of drug-likeness (QED) is 0.623. The van der Waals surface area contributed by atoms with Crippen LogP contribution in [-0.4, -0.2) is 20.5 Å². The number of Topliss-reactive ketones (excluding diaryl/α,β-unsaturated/α-hetero) is 1. The molecule has 0 unspecified atom stereocenters. The summed E-state index contributed by atoms with van der Waals surface area (Å²) < 4.78 is 36.2. The Labute approximate surface area is 149 Å². The lowest BCUT2D eigenvalue weighted by atomic mass is 10.1. The van der Waals surface area contributed by atoms with E-state index in [-0.39, 0.29) is 22.9 Å². The van der Waals surface area contributed by atoms with Gasteiger partial charge in [-0.2, -0.15) is 0 Å². The fraction of sp³-hybridized carbons (Fsp3) is 0.105. The van der Waals surface area contributed by atoms with E-state index in [1.165, 1.54) is 23.5 Å². The maximum absolute atomic E-state index is 13.2. The highest BCUT2D eigenvalue weighted by molar-refractivity contribution is 7.90. The first-order valence-corrected chi connectivity index (χ1v) is 10.2. The van der Waals surface area contributed by atoms with Gasteiger partial charge >= 0.3 is 0 Å². The summed E-state index contributed by atoms with van der Waals surface area (Å²) in [6.07, 6.45) is 1.31. The average Bonchev–Trinajstić information content (AvgIpc) is 3.04. The fourth-order valence-electron chi connectivity index (χ4n) is 2.43. The third kappa shape index (κ3) is 4.21. The molecular formula is C19H15FO3S2. The van der Waals surface area contributed by atoms with Crippen LogP contribution in [0.2, 0.25) is 0 Å². The second-order valence-electron chi connectivity index (χ2n) is 5.69. The number of hydrogen-bond acceptors (Lipinski definition) is 4. The van der Waals surface area contributed by atoms with E-state index < -0.39 is 9.84 Å². The van der Waals surface area contributed by atoms with Crippen LogP contribution in [0.1, 0.15) is 15.2 Å². The summed E-state index contributed by atoms with van der Waals surface area (Å²) in [4.78, 5) is 14.1.